The number of nitrogens with one attached hydrogen (secondary N) is 1. The lowest BCUT2D eigenvalue weighted by Gasteiger charge is -2.11. The van der Waals surface area contributed by atoms with Crippen LogP contribution in [0.1, 0.15) is 24.5 Å². The molecule has 1 aromatic carbocycles. The monoisotopic (exact) mass is 233 g/mol. The Labute approximate surface area is 102 Å². The van der Waals surface area contributed by atoms with Gasteiger partial charge in [-0.1, -0.05) is 31.2 Å². The van der Waals surface area contributed by atoms with Crippen molar-refractivity contribution in [2.75, 3.05) is 13.2 Å². The fourth-order valence-electron chi connectivity index (χ4n) is 2.24. The van der Waals surface area contributed by atoms with Gasteiger partial charge in [-0.2, -0.15) is 0 Å². The van der Waals surface area contributed by atoms with E-state index in [4.69, 9.17) is 4.74 Å². The second-order valence-corrected chi connectivity index (χ2v) is 4.49. The van der Waals surface area contributed by atoms with Crippen molar-refractivity contribution in [1.82, 2.24) is 5.32 Å². The molecule has 0 unspecified atom stereocenters. The van der Waals surface area contributed by atoms with Gasteiger partial charge in [0.25, 0.3) is 0 Å². The Morgan fingerprint density at radius 1 is 1.35 bits per heavy atom. The Morgan fingerprint density at radius 3 is 2.59 bits per heavy atom. The lowest BCUT2D eigenvalue weighted by atomic mass is 10.1. The van der Waals surface area contributed by atoms with Gasteiger partial charge in [0.05, 0.1) is 0 Å². The first-order chi connectivity index (χ1) is 8.29. The molecule has 0 aliphatic heterocycles. The van der Waals surface area contributed by atoms with Crippen molar-refractivity contribution >= 4 is 5.91 Å². The molecular weight excluding hydrogens is 214 g/mol. The van der Waals surface area contributed by atoms with Gasteiger partial charge in [0.2, 0.25) is 5.91 Å². The molecule has 17 heavy (non-hydrogen) atoms. The zero-order valence-corrected chi connectivity index (χ0v) is 10.2. The summed E-state index contributed by atoms with van der Waals surface area (Å²) in [6.45, 7) is 2.87. The van der Waals surface area contributed by atoms with Crippen LogP contribution in [-0.2, 0) is 22.4 Å². The first-order valence-electron chi connectivity index (χ1n) is 6.23. The number of ether oxygens (including phenoxy) is 1. The predicted molar refractivity (Wildman–Crippen MR) is 66.9 cm³/mol. The smallest absolute Gasteiger partial charge is 0.246 e. The van der Waals surface area contributed by atoms with Crippen LogP contribution in [0.4, 0.5) is 0 Å². The molecule has 2 rings (SSSR count). The number of hydrogen-bond donors (Lipinski definition) is 1. The van der Waals surface area contributed by atoms with Gasteiger partial charge in [0, 0.05) is 12.6 Å². The van der Waals surface area contributed by atoms with E-state index >= 15 is 0 Å². The van der Waals surface area contributed by atoms with Crippen molar-refractivity contribution in [3.05, 3.63) is 35.4 Å². The van der Waals surface area contributed by atoms with E-state index in [-0.39, 0.29) is 18.6 Å². The van der Waals surface area contributed by atoms with Gasteiger partial charge in [-0.15, -0.1) is 0 Å². The van der Waals surface area contributed by atoms with Crippen LogP contribution >= 0.6 is 0 Å². The predicted octanol–water partition coefficient (Wildman–Crippen LogP) is 1.70. The second kappa shape index (κ2) is 5.82. The highest BCUT2D eigenvalue weighted by Gasteiger charge is 2.21. The quantitative estimate of drug-likeness (QED) is 0.786. The molecular formula is C14H19NO2. The van der Waals surface area contributed by atoms with Gasteiger partial charge in [0.15, 0.2) is 0 Å². The minimum atomic E-state index is -0.00347. The van der Waals surface area contributed by atoms with Crippen LogP contribution in [0.5, 0.6) is 0 Å². The van der Waals surface area contributed by atoms with Crippen LogP contribution in [0.2, 0.25) is 0 Å². The Morgan fingerprint density at radius 2 is 2.00 bits per heavy atom. The average molecular weight is 233 g/mol. The Bertz CT molecular complexity index is 365. The Balaban J connectivity index is 1.77. The number of amides is 1. The van der Waals surface area contributed by atoms with Crippen LogP contribution in [0.15, 0.2) is 24.3 Å². The van der Waals surface area contributed by atoms with E-state index in [2.05, 4.69) is 17.4 Å². The minimum Gasteiger partial charge on any atom is -0.372 e. The summed E-state index contributed by atoms with van der Waals surface area (Å²) in [6.07, 6.45) is 2.83. The highest BCUT2D eigenvalue weighted by atomic mass is 16.5. The summed E-state index contributed by atoms with van der Waals surface area (Å²) in [5.41, 5.74) is 2.71. The Hall–Kier alpha value is -1.35. The van der Waals surface area contributed by atoms with E-state index in [9.17, 15) is 4.79 Å². The zero-order valence-electron chi connectivity index (χ0n) is 10.2. The number of benzene rings is 1. The number of carbonyl (C=O) groups is 1. The number of carbonyl (C=O) groups excluding carboxylic acids is 1. The molecule has 0 heterocycles. The van der Waals surface area contributed by atoms with Crippen LogP contribution in [0.3, 0.4) is 0 Å². The summed E-state index contributed by atoms with van der Waals surface area (Å²) in [5, 5.41) is 3.02. The SMILES string of the molecule is CCCOCC(=O)NC1Cc2ccccc2C1. The number of rotatable bonds is 5. The maximum Gasteiger partial charge on any atom is 0.246 e. The molecule has 0 aromatic heterocycles. The van der Waals surface area contributed by atoms with E-state index in [1.807, 2.05) is 19.1 Å². The van der Waals surface area contributed by atoms with Crippen molar-refractivity contribution in [2.45, 2.75) is 32.2 Å². The molecule has 1 aromatic rings. The maximum atomic E-state index is 11.6. The van der Waals surface area contributed by atoms with Crippen molar-refractivity contribution in [1.29, 1.82) is 0 Å². The normalized spacial score (nSPS) is 14.6. The topological polar surface area (TPSA) is 38.3 Å². The fourth-order valence-corrected chi connectivity index (χ4v) is 2.24. The zero-order chi connectivity index (χ0) is 12.1. The van der Waals surface area contributed by atoms with E-state index in [1.54, 1.807) is 0 Å². The minimum absolute atomic E-state index is 0.00347. The fraction of sp³-hybridized carbons (Fsp3) is 0.500. The van der Waals surface area contributed by atoms with Crippen molar-refractivity contribution < 1.29 is 9.53 Å². The molecule has 1 amide bonds. The summed E-state index contributed by atoms with van der Waals surface area (Å²) < 4.78 is 5.22. The van der Waals surface area contributed by atoms with Crippen molar-refractivity contribution in [3.8, 4) is 0 Å². The average Bonchev–Trinajstić information content (AvgIpc) is 2.71. The van der Waals surface area contributed by atoms with Crippen LogP contribution in [-0.4, -0.2) is 25.2 Å². The molecule has 0 saturated carbocycles. The third kappa shape index (κ3) is 3.30. The molecule has 0 bridgehead atoms. The Kier molecular flexibility index (Phi) is 4.15. The molecule has 1 aliphatic rings. The summed E-state index contributed by atoms with van der Waals surface area (Å²) in [4.78, 5) is 11.6. The van der Waals surface area contributed by atoms with Crippen LogP contribution in [0, 0.1) is 0 Å². The lowest BCUT2D eigenvalue weighted by Crippen LogP contribution is -2.37. The summed E-state index contributed by atoms with van der Waals surface area (Å²) in [6, 6.07) is 8.61. The molecule has 0 saturated heterocycles. The van der Waals surface area contributed by atoms with Gasteiger partial charge in [0.1, 0.15) is 6.61 Å². The third-order valence-electron chi connectivity index (χ3n) is 3.00. The maximum absolute atomic E-state index is 11.6. The van der Waals surface area contributed by atoms with Crippen LogP contribution < -0.4 is 5.32 Å². The summed E-state index contributed by atoms with van der Waals surface area (Å²) >= 11 is 0. The standard InChI is InChI=1S/C14H19NO2/c1-2-7-17-10-14(16)15-13-8-11-5-3-4-6-12(11)9-13/h3-6,13H,2,7-10H2,1H3,(H,15,16). The number of fused-ring (bicyclic) bond motifs is 1. The molecule has 92 valence electrons. The third-order valence-corrected chi connectivity index (χ3v) is 3.00. The molecule has 0 atom stereocenters. The summed E-state index contributed by atoms with van der Waals surface area (Å²) in [7, 11) is 0. The molecule has 0 spiro atoms. The van der Waals surface area contributed by atoms with E-state index in [0.717, 1.165) is 19.3 Å². The van der Waals surface area contributed by atoms with E-state index < -0.39 is 0 Å². The molecule has 0 radical (unpaired) electrons. The molecule has 1 N–H and O–H groups in total. The van der Waals surface area contributed by atoms with Gasteiger partial charge in [-0.05, 0) is 30.4 Å². The van der Waals surface area contributed by atoms with Gasteiger partial charge >= 0.3 is 0 Å². The van der Waals surface area contributed by atoms with E-state index in [0.29, 0.717) is 6.61 Å². The number of hydrogen-bond acceptors (Lipinski definition) is 2. The molecule has 0 fully saturated rings. The van der Waals surface area contributed by atoms with Gasteiger partial charge < -0.3 is 10.1 Å². The highest BCUT2D eigenvalue weighted by Crippen LogP contribution is 2.21. The first-order valence-corrected chi connectivity index (χ1v) is 6.23. The largest absolute Gasteiger partial charge is 0.372 e. The molecule has 3 nitrogen and oxygen atoms in total. The molecule has 3 heteroatoms. The summed E-state index contributed by atoms with van der Waals surface area (Å²) in [5.74, 6) is -0.00347. The van der Waals surface area contributed by atoms with Gasteiger partial charge in [-0.3, -0.25) is 4.79 Å². The van der Waals surface area contributed by atoms with Crippen LogP contribution in [0.25, 0.3) is 0 Å². The second-order valence-electron chi connectivity index (χ2n) is 4.49. The van der Waals surface area contributed by atoms with Crippen molar-refractivity contribution in [2.24, 2.45) is 0 Å². The van der Waals surface area contributed by atoms with Gasteiger partial charge in [-0.25, -0.2) is 0 Å². The van der Waals surface area contributed by atoms with E-state index in [1.165, 1.54) is 11.1 Å². The van der Waals surface area contributed by atoms with Crippen molar-refractivity contribution in [3.63, 3.8) is 0 Å². The first kappa shape index (κ1) is 12.1. The lowest BCUT2D eigenvalue weighted by molar-refractivity contribution is -0.126. The highest BCUT2D eigenvalue weighted by molar-refractivity contribution is 5.77. The molecule has 1 aliphatic carbocycles.